The highest BCUT2D eigenvalue weighted by atomic mass is 16.5. The Labute approximate surface area is 130 Å². The second-order valence-corrected chi connectivity index (χ2v) is 7.34. The molecule has 1 aliphatic carbocycles. The molecule has 21 heavy (non-hydrogen) atoms. The maximum absolute atomic E-state index is 6.27. The van der Waals surface area contributed by atoms with Crippen LogP contribution < -0.4 is 10.6 Å². The van der Waals surface area contributed by atoms with Gasteiger partial charge in [0.25, 0.3) is 0 Å². The third kappa shape index (κ3) is 5.15. The molecular weight excluding hydrogens is 260 g/mol. The van der Waals surface area contributed by atoms with Crippen molar-refractivity contribution < 1.29 is 4.74 Å². The first kappa shape index (κ1) is 16.6. The molecule has 0 aromatic rings. The smallest absolute Gasteiger partial charge is 0.0785 e. The quantitative estimate of drug-likeness (QED) is 0.779. The Kier molecular flexibility index (Phi) is 5.88. The van der Waals surface area contributed by atoms with Gasteiger partial charge in [0.05, 0.1) is 12.2 Å². The number of rotatable bonds is 4. The molecule has 0 aromatic carbocycles. The Balaban J connectivity index is 1.87. The van der Waals surface area contributed by atoms with Gasteiger partial charge in [-0.25, -0.2) is 0 Å². The summed E-state index contributed by atoms with van der Waals surface area (Å²) in [5, 5.41) is 6.87. The maximum atomic E-state index is 6.27. The lowest BCUT2D eigenvalue weighted by Gasteiger charge is -2.38. The third-order valence-corrected chi connectivity index (χ3v) is 4.48. The molecule has 3 heteroatoms. The fraction of sp³-hybridized carbons (Fsp3) is 0.778. The summed E-state index contributed by atoms with van der Waals surface area (Å²) in [4.78, 5) is 0. The monoisotopic (exact) mass is 292 g/mol. The molecule has 0 aromatic heterocycles. The van der Waals surface area contributed by atoms with Gasteiger partial charge in [0, 0.05) is 12.6 Å². The first-order valence-corrected chi connectivity index (χ1v) is 8.45. The van der Waals surface area contributed by atoms with E-state index in [9.17, 15) is 0 Å². The van der Waals surface area contributed by atoms with E-state index in [0.717, 1.165) is 38.8 Å². The Morgan fingerprint density at radius 2 is 2.05 bits per heavy atom. The van der Waals surface area contributed by atoms with Gasteiger partial charge in [-0.15, -0.1) is 0 Å². The van der Waals surface area contributed by atoms with Crippen molar-refractivity contribution in [2.45, 2.75) is 71.6 Å². The first-order chi connectivity index (χ1) is 9.99. The predicted molar refractivity (Wildman–Crippen MR) is 89.3 cm³/mol. The average molecular weight is 292 g/mol. The van der Waals surface area contributed by atoms with Crippen molar-refractivity contribution in [3.8, 4) is 0 Å². The van der Waals surface area contributed by atoms with Crippen molar-refractivity contribution >= 4 is 0 Å². The fourth-order valence-corrected chi connectivity index (χ4v) is 3.03. The summed E-state index contributed by atoms with van der Waals surface area (Å²) in [6.45, 7) is 11.0. The van der Waals surface area contributed by atoms with Gasteiger partial charge in [-0.2, -0.15) is 0 Å². The van der Waals surface area contributed by atoms with Crippen LogP contribution in [0.3, 0.4) is 0 Å². The molecule has 3 nitrogen and oxygen atoms in total. The van der Waals surface area contributed by atoms with Gasteiger partial charge in [-0.05, 0) is 43.8 Å². The fourth-order valence-electron chi connectivity index (χ4n) is 3.03. The van der Waals surface area contributed by atoms with Crippen molar-refractivity contribution in [2.75, 3.05) is 13.1 Å². The molecule has 0 saturated heterocycles. The molecule has 2 rings (SSSR count). The lowest BCUT2D eigenvalue weighted by atomic mass is 9.83. The van der Waals surface area contributed by atoms with Gasteiger partial charge in [-0.1, -0.05) is 45.4 Å². The molecule has 1 saturated carbocycles. The number of nitrogens with one attached hydrogen (secondary N) is 2. The van der Waals surface area contributed by atoms with Gasteiger partial charge in [-0.3, -0.25) is 0 Å². The van der Waals surface area contributed by atoms with E-state index in [-0.39, 0.29) is 11.5 Å². The highest BCUT2D eigenvalue weighted by molar-refractivity contribution is 5.16. The Morgan fingerprint density at radius 1 is 1.29 bits per heavy atom. The standard InChI is InChI=1S/C18H32N2O/c1-5-20-15-11-17(12-15)21-16-9-8-14(18(2,3)4)7-6-10-19-13-16/h6,8,10,15-17,19-20H,5,7,9,11-13H2,1-4H3/b10-6-,14-8+. The van der Waals surface area contributed by atoms with Crippen LogP contribution in [0.15, 0.2) is 23.9 Å². The largest absolute Gasteiger partial charge is 0.389 e. The maximum Gasteiger partial charge on any atom is 0.0785 e. The van der Waals surface area contributed by atoms with E-state index in [0.29, 0.717) is 12.1 Å². The molecule has 0 radical (unpaired) electrons. The van der Waals surface area contributed by atoms with Gasteiger partial charge in [0.1, 0.15) is 0 Å². The normalized spacial score (nSPS) is 34.5. The van der Waals surface area contributed by atoms with E-state index in [4.69, 9.17) is 4.74 Å². The van der Waals surface area contributed by atoms with Gasteiger partial charge >= 0.3 is 0 Å². The van der Waals surface area contributed by atoms with Crippen LogP contribution in [0.5, 0.6) is 0 Å². The summed E-state index contributed by atoms with van der Waals surface area (Å²) in [6.07, 6.45) is 11.8. The lowest BCUT2D eigenvalue weighted by Crippen LogP contribution is -2.47. The zero-order valence-electron chi connectivity index (χ0n) is 14.1. The van der Waals surface area contributed by atoms with Crippen LogP contribution in [0.4, 0.5) is 0 Å². The summed E-state index contributed by atoms with van der Waals surface area (Å²) in [7, 11) is 0. The highest BCUT2D eigenvalue weighted by Gasteiger charge is 2.31. The Morgan fingerprint density at radius 3 is 2.71 bits per heavy atom. The number of allylic oxidation sites excluding steroid dienone is 2. The van der Waals surface area contributed by atoms with Gasteiger partial charge < -0.3 is 15.4 Å². The van der Waals surface area contributed by atoms with Crippen molar-refractivity contribution in [1.82, 2.24) is 10.6 Å². The molecule has 2 aliphatic rings. The van der Waals surface area contributed by atoms with E-state index < -0.39 is 0 Å². The number of hydrogen-bond acceptors (Lipinski definition) is 3. The average Bonchev–Trinajstić information content (AvgIpc) is 2.47. The minimum absolute atomic E-state index is 0.242. The van der Waals surface area contributed by atoms with Crippen molar-refractivity contribution in [1.29, 1.82) is 0 Å². The second-order valence-electron chi connectivity index (χ2n) is 7.34. The summed E-state index contributed by atoms with van der Waals surface area (Å²) in [6, 6.07) is 0.671. The van der Waals surface area contributed by atoms with Gasteiger partial charge in [0.2, 0.25) is 0 Å². The summed E-state index contributed by atoms with van der Waals surface area (Å²) in [5.41, 5.74) is 1.75. The second kappa shape index (κ2) is 7.46. The van der Waals surface area contributed by atoms with E-state index in [2.05, 4.69) is 56.7 Å². The molecule has 0 bridgehead atoms. The lowest BCUT2D eigenvalue weighted by molar-refractivity contribution is -0.0608. The zero-order chi connectivity index (χ0) is 15.3. The third-order valence-electron chi connectivity index (χ3n) is 4.48. The van der Waals surface area contributed by atoms with Crippen molar-refractivity contribution in [3.05, 3.63) is 23.9 Å². The van der Waals surface area contributed by atoms with E-state index >= 15 is 0 Å². The van der Waals surface area contributed by atoms with Crippen LogP contribution in [-0.2, 0) is 4.74 Å². The molecule has 1 fully saturated rings. The minimum Gasteiger partial charge on any atom is -0.389 e. The predicted octanol–water partition coefficient (Wildman–Crippen LogP) is 3.38. The highest BCUT2D eigenvalue weighted by Crippen LogP contribution is 2.30. The van der Waals surface area contributed by atoms with Crippen molar-refractivity contribution in [2.24, 2.45) is 5.41 Å². The van der Waals surface area contributed by atoms with Crippen LogP contribution >= 0.6 is 0 Å². The van der Waals surface area contributed by atoms with E-state index in [1.54, 1.807) is 0 Å². The van der Waals surface area contributed by atoms with Crippen molar-refractivity contribution in [3.63, 3.8) is 0 Å². The summed E-state index contributed by atoms with van der Waals surface area (Å²) in [5.74, 6) is 0. The molecule has 1 atom stereocenters. The number of hydrogen-bond donors (Lipinski definition) is 2. The molecule has 1 heterocycles. The molecule has 0 spiro atoms. The van der Waals surface area contributed by atoms with Crippen LogP contribution in [0.1, 0.15) is 53.4 Å². The van der Waals surface area contributed by atoms with Crippen LogP contribution in [0, 0.1) is 5.41 Å². The van der Waals surface area contributed by atoms with E-state index in [1.807, 2.05) is 0 Å². The molecule has 1 aliphatic heterocycles. The SMILES string of the molecule is CCNC1CC(OC2C/C=C(/C(C)(C)C)C/C=C\NC2)C1. The zero-order valence-corrected chi connectivity index (χ0v) is 14.1. The topological polar surface area (TPSA) is 33.3 Å². The van der Waals surface area contributed by atoms with Gasteiger partial charge in [0.15, 0.2) is 0 Å². The first-order valence-electron chi connectivity index (χ1n) is 8.45. The summed E-state index contributed by atoms with van der Waals surface area (Å²) >= 11 is 0. The molecular formula is C18H32N2O. The van der Waals surface area contributed by atoms with Crippen LogP contribution in [0.2, 0.25) is 0 Å². The Bertz CT molecular complexity index is 375. The molecule has 120 valence electrons. The molecule has 0 amide bonds. The van der Waals surface area contributed by atoms with Crippen LogP contribution in [0.25, 0.3) is 0 Å². The Hall–Kier alpha value is -0.800. The van der Waals surface area contributed by atoms with E-state index in [1.165, 1.54) is 5.57 Å². The van der Waals surface area contributed by atoms with Crippen LogP contribution in [-0.4, -0.2) is 31.3 Å². The molecule has 1 unspecified atom stereocenters. The number of ether oxygens (including phenoxy) is 1. The minimum atomic E-state index is 0.242. The summed E-state index contributed by atoms with van der Waals surface area (Å²) < 4.78 is 6.27. The molecule has 2 N–H and O–H groups in total.